The maximum Gasteiger partial charge on any atom is 0.416 e. The first-order valence-electron chi connectivity index (χ1n) is 6.97. The first-order chi connectivity index (χ1) is 9.01. The van der Waals surface area contributed by atoms with Gasteiger partial charge in [0.25, 0.3) is 0 Å². The Hall–Kier alpha value is -1.19. The minimum Gasteiger partial charge on any atom is -0.384 e. The predicted octanol–water partition coefficient (Wildman–Crippen LogP) is 4.72. The van der Waals surface area contributed by atoms with Gasteiger partial charge in [-0.15, -0.1) is 0 Å². The summed E-state index contributed by atoms with van der Waals surface area (Å²) in [6.45, 7) is 0.795. The highest BCUT2D eigenvalue weighted by Gasteiger charge is 2.41. The van der Waals surface area contributed by atoms with E-state index in [-0.39, 0.29) is 5.41 Å². The highest BCUT2D eigenvalue weighted by Crippen LogP contribution is 2.47. The molecule has 1 aromatic rings. The van der Waals surface area contributed by atoms with E-state index in [0.717, 1.165) is 43.5 Å². The summed E-state index contributed by atoms with van der Waals surface area (Å²) in [4.78, 5) is 0. The molecule has 1 saturated carbocycles. The summed E-state index contributed by atoms with van der Waals surface area (Å²) in [7, 11) is 0. The van der Waals surface area contributed by atoms with Gasteiger partial charge in [-0.25, -0.2) is 0 Å². The van der Waals surface area contributed by atoms with E-state index in [9.17, 15) is 13.2 Å². The molecule has 1 aliphatic carbocycles. The van der Waals surface area contributed by atoms with Crippen molar-refractivity contribution in [2.45, 2.75) is 50.1 Å². The Morgan fingerprint density at radius 3 is 2.32 bits per heavy atom. The SMILES string of the molecule is FC(F)(F)c1ccc2c(c1)C1(CCCCCC1)CN2. The average Bonchev–Trinajstić information content (AvgIpc) is 2.56. The second-order valence-electron chi connectivity index (χ2n) is 5.81. The number of rotatable bonds is 0. The first-order valence-corrected chi connectivity index (χ1v) is 6.97. The van der Waals surface area contributed by atoms with Gasteiger partial charge >= 0.3 is 6.18 Å². The van der Waals surface area contributed by atoms with Crippen LogP contribution in [0.4, 0.5) is 18.9 Å². The van der Waals surface area contributed by atoms with Gasteiger partial charge in [-0.2, -0.15) is 13.2 Å². The maximum absolute atomic E-state index is 12.9. The fourth-order valence-electron chi connectivity index (χ4n) is 3.52. The lowest BCUT2D eigenvalue weighted by molar-refractivity contribution is -0.137. The van der Waals surface area contributed by atoms with Gasteiger partial charge in [-0.1, -0.05) is 25.7 Å². The zero-order chi connectivity index (χ0) is 13.5. The van der Waals surface area contributed by atoms with Gasteiger partial charge in [0, 0.05) is 17.6 Å². The van der Waals surface area contributed by atoms with E-state index >= 15 is 0 Å². The van der Waals surface area contributed by atoms with Crippen LogP contribution in [-0.4, -0.2) is 6.54 Å². The van der Waals surface area contributed by atoms with Crippen molar-refractivity contribution in [1.29, 1.82) is 0 Å². The Balaban J connectivity index is 2.02. The summed E-state index contributed by atoms with van der Waals surface area (Å²) in [6, 6.07) is 4.15. The summed E-state index contributed by atoms with van der Waals surface area (Å²) in [5, 5.41) is 3.30. The third-order valence-electron chi connectivity index (χ3n) is 4.60. The van der Waals surface area contributed by atoms with Gasteiger partial charge in [0.1, 0.15) is 0 Å². The van der Waals surface area contributed by atoms with Crippen molar-refractivity contribution in [2.24, 2.45) is 0 Å². The molecule has 0 aromatic heterocycles. The Bertz CT molecular complexity index is 471. The van der Waals surface area contributed by atoms with Crippen LogP contribution in [0.15, 0.2) is 18.2 Å². The topological polar surface area (TPSA) is 12.0 Å². The van der Waals surface area contributed by atoms with Crippen LogP contribution in [0.3, 0.4) is 0 Å². The molecule has 1 fully saturated rings. The van der Waals surface area contributed by atoms with Crippen LogP contribution >= 0.6 is 0 Å². The monoisotopic (exact) mass is 269 g/mol. The molecule has 0 radical (unpaired) electrons. The van der Waals surface area contributed by atoms with Gasteiger partial charge in [-0.05, 0) is 36.6 Å². The quantitative estimate of drug-likeness (QED) is 0.718. The van der Waals surface area contributed by atoms with E-state index in [4.69, 9.17) is 0 Å². The molecule has 0 bridgehead atoms. The van der Waals surface area contributed by atoms with Crippen molar-refractivity contribution in [1.82, 2.24) is 0 Å². The van der Waals surface area contributed by atoms with Crippen molar-refractivity contribution in [3.8, 4) is 0 Å². The number of hydrogen-bond acceptors (Lipinski definition) is 1. The largest absolute Gasteiger partial charge is 0.416 e. The van der Waals surface area contributed by atoms with Crippen LogP contribution < -0.4 is 5.32 Å². The number of fused-ring (bicyclic) bond motifs is 2. The number of halogens is 3. The number of hydrogen-bond donors (Lipinski definition) is 1. The molecule has 1 nitrogen and oxygen atoms in total. The molecule has 0 saturated heterocycles. The van der Waals surface area contributed by atoms with Gasteiger partial charge in [0.2, 0.25) is 0 Å². The molecule has 1 spiro atoms. The molecule has 1 aromatic carbocycles. The van der Waals surface area contributed by atoms with E-state index in [0.29, 0.717) is 0 Å². The molecular weight excluding hydrogens is 251 g/mol. The van der Waals surface area contributed by atoms with Gasteiger partial charge in [0.15, 0.2) is 0 Å². The van der Waals surface area contributed by atoms with Crippen LogP contribution in [0.2, 0.25) is 0 Å². The molecule has 4 heteroatoms. The van der Waals surface area contributed by atoms with Crippen molar-refractivity contribution in [3.63, 3.8) is 0 Å². The third-order valence-corrected chi connectivity index (χ3v) is 4.60. The zero-order valence-corrected chi connectivity index (χ0v) is 10.8. The molecule has 3 rings (SSSR count). The minimum atomic E-state index is -4.25. The molecule has 1 heterocycles. The molecule has 19 heavy (non-hydrogen) atoms. The molecule has 0 amide bonds. The van der Waals surface area contributed by atoms with E-state index in [1.54, 1.807) is 6.07 Å². The maximum atomic E-state index is 12.9. The van der Waals surface area contributed by atoms with Crippen molar-refractivity contribution >= 4 is 5.69 Å². The third kappa shape index (κ3) is 2.21. The molecular formula is C15H18F3N. The molecule has 1 N–H and O–H groups in total. The summed E-state index contributed by atoms with van der Waals surface area (Å²) >= 11 is 0. The normalized spacial score (nSPS) is 21.8. The lowest BCUT2D eigenvalue weighted by atomic mass is 9.75. The van der Waals surface area contributed by atoms with Crippen LogP contribution in [0.25, 0.3) is 0 Å². The smallest absolute Gasteiger partial charge is 0.384 e. The summed E-state index contributed by atoms with van der Waals surface area (Å²) in [5.41, 5.74) is 1.21. The van der Waals surface area contributed by atoms with Crippen LogP contribution in [0.1, 0.15) is 49.7 Å². The molecule has 0 unspecified atom stereocenters. The van der Waals surface area contributed by atoms with E-state index < -0.39 is 11.7 Å². The summed E-state index contributed by atoms with van der Waals surface area (Å²) in [6.07, 6.45) is 2.42. The van der Waals surface area contributed by atoms with Crippen LogP contribution in [0, 0.1) is 0 Å². The van der Waals surface area contributed by atoms with Gasteiger partial charge < -0.3 is 5.32 Å². The fourth-order valence-corrected chi connectivity index (χ4v) is 3.52. The molecule has 2 aliphatic rings. The van der Waals surface area contributed by atoms with E-state index in [2.05, 4.69) is 5.32 Å². The van der Waals surface area contributed by atoms with Crippen molar-refractivity contribution < 1.29 is 13.2 Å². The van der Waals surface area contributed by atoms with Crippen LogP contribution in [0.5, 0.6) is 0 Å². The summed E-state index contributed by atoms with van der Waals surface area (Å²) < 4.78 is 38.6. The average molecular weight is 269 g/mol. The number of benzene rings is 1. The minimum absolute atomic E-state index is 0.0624. The first kappa shape index (κ1) is 12.8. The molecule has 1 aliphatic heterocycles. The Kier molecular flexibility index (Phi) is 2.99. The lowest BCUT2D eigenvalue weighted by Crippen LogP contribution is -2.27. The lowest BCUT2D eigenvalue weighted by Gasteiger charge is -2.28. The predicted molar refractivity (Wildman–Crippen MR) is 69.3 cm³/mol. The van der Waals surface area contributed by atoms with Gasteiger partial charge in [-0.3, -0.25) is 0 Å². The Labute approximate surface area is 111 Å². The van der Waals surface area contributed by atoms with E-state index in [1.807, 2.05) is 0 Å². The number of anilines is 1. The highest BCUT2D eigenvalue weighted by atomic mass is 19.4. The van der Waals surface area contributed by atoms with E-state index in [1.165, 1.54) is 25.0 Å². The molecule has 0 atom stereocenters. The van der Waals surface area contributed by atoms with Crippen LogP contribution in [-0.2, 0) is 11.6 Å². The Morgan fingerprint density at radius 1 is 1.00 bits per heavy atom. The fraction of sp³-hybridized carbons (Fsp3) is 0.600. The second kappa shape index (κ2) is 4.43. The number of nitrogens with one attached hydrogen (secondary N) is 1. The Morgan fingerprint density at radius 2 is 1.68 bits per heavy atom. The van der Waals surface area contributed by atoms with Gasteiger partial charge in [0.05, 0.1) is 5.56 Å². The standard InChI is InChI=1S/C15H18F3N/c16-15(17,18)11-5-6-13-12(9-11)14(10-19-13)7-3-1-2-4-8-14/h5-6,9,19H,1-4,7-8,10H2. The molecule has 104 valence electrons. The van der Waals surface area contributed by atoms with Crippen molar-refractivity contribution in [2.75, 3.05) is 11.9 Å². The zero-order valence-electron chi connectivity index (χ0n) is 10.8. The van der Waals surface area contributed by atoms with Crippen molar-refractivity contribution in [3.05, 3.63) is 29.3 Å². The second-order valence-corrected chi connectivity index (χ2v) is 5.81. The number of alkyl halides is 3. The highest BCUT2D eigenvalue weighted by molar-refractivity contribution is 5.61. The summed E-state index contributed by atoms with van der Waals surface area (Å²) in [5.74, 6) is 0.